The maximum Gasteiger partial charge on any atom is 0.255 e. The van der Waals surface area contributed by atoms with Gasteiger partial charge in [0.1, 0.15) is 5.82 Å². The largest absolute Gasteiger partial charge is 0.329 e. The Kier molecular flexibility index (Phi) is 3.86. The molecule has 0 spiro atoms. The molecule has 18 heavy (non-hydrogen) atoms. The predicted octanol–water partition coefficient (Wildman–Crippen LogP) is 3.23. The van der Waals surface area contributed by atoms with Gasteiger partial charge in [-0.3, -0.25) is 4.79 Å². The lowest BCUT2D eigenvalue weighted by Crippen LogP contribution is -2.16. The van der Waals surface area contributed by atoms with E-state index in [1.54, 1.807) is 12.3 Å². The van der Waals surface area contributed by atoms with Gasteiger partial charge in [-0.25, -0.2) is 4.39 Å². The molecule has 0 aromatic heterocycles. The Bertz CT molecular complexity index is 546. The third kappa shape index (κ3) is 3.28. The monoisotopic (exact) mass is 241 g/mol. The molecule has 0 radical (unpaired) electrons. The first-order valence-electron chi connectivity index (χ1n) is 5.54. The van der Waals surface area contributed by atoms with Crippen molar-refractivity contribution < 1.29 is 9.18 Å². The first-order valence-corrected chi connectivity index (χ1v) is 5.54. The van der Waals surface area contributed by atoms with E-state index >= 15 is 0 Å². The van der Waals surface area contributed by atoms with Crippen LogP contribution in [0.3, 0.4) is 0 Å². The van der Waals surface area contributed by atoms with Crippen LogP contribution in [0.2, 0.25) is 0 Å². The second kappa shape index (κ2) is 5.77. The predicted molar refractivity (Wildman–Crippen MR) is 69.3 cm³/mol. The number of carbonyl (C=O) groups excluding carboxylic acids is 1. The molecule has 0 saturated carbocycles. The van der Waals surface area contributed by atoms with E-state index in [0.29, 0.717) is 5.56 Å². The first-order chi connectivity index (χ1) is 8.75. The molecule has 2 aromatic carbocycles. The Morgan fingerprint density at radius 1 is 1.00 bits per heavy atom. The summed E-state index contributed by atoms with van der Waals surface area (Å²) in [6, 6.07) is 15.0. The third-order valence-electron chi connectivity index (χ3n) is 2.40. The molecule has 1 N–H and O–H groups in total. The van der Waals surface area contributed by atoms with E-state index in [4.69, 9.17) is 0 Å². The molecule has 0 fully saturated rings. The van der Waals surface area contributed by atoms with Crippen LogP contribution in [0, 0.1) is 5.82 Å². The lowest BCUT2D eigenvalue weighted by Gasteiger charge is -1.99. The van der Waals surface area contributed by atoms with Crippen molar-refractivity contribution >= 4 is 12.0 Å². The Hall–Kier alpha value is -2.42. The van der Waals surface area contributed by atoms with Gasteiger partial charge >= 0.3 is 0 Å². The summed E-state index contributed by atoms with van der Waals surface area (Å²) in [5.41, 5.74) is 1.42. The standard InChI is InChI=1S/C15H12FNO/c16-14-8-6-13(7-9-14)15(18)17-11-10-12-4-2-1-3-5-12/h1-11H,(H,17,18). The molecule has 0 aliphatic rings. The Labute approximate surface area is 105 Å². The molecular formula is C15H12FNO. The highest BCUT2D eigenvalue weighted by Crippen LogP contribution is 2.03. The molecule has 3 heteroatoms. The average Bonchev–Trinajstić information content (AvgIpc) is 2.40. The number of carbonyl (C=O) groups is 1. The van der Waals surface area contributed by atoms with Gasteiger partial charge in [-0.1, -0.05) is 30.3 Å². The second-order valence-corrected chi connectivity index (χ2v) is 3.72. The minimum atomic E-state index is -0.355. The highest BCUT2D eigenvalue weighted by atomic mass is 19.1. The van der Waals surface area contributed by atoms with Crippen LogP contribution in [0.4, 0.5) is 4.39 Å². The number of nitrogens with one attached hydrogen (secondary N) is 1. The van der Waals surface area contributed by atoms with Gasteiger partial charge in [0.05, 0.1) is 0 Å². The van der Waals surface area contributed by atoms with E-state index in [-0.39, 0.29) is 11.7 Å². The van der Waals surface area contributed by atoms with Gasteiger partial charge in [0.15, 0.2) is 0 Å². The van der Waals surface area contributed by atoms with Crippen molar-refractivity contribution in [3.63, 3.8) is 0 Å². The quantitative estimate of drug-likeness (QED) is 0.878. The van der Waals surface area contributed by atoms with Crippen molar-refractivity contribution in [2.24, 2.45) is 0 Å². The molecule has 0 heterocycles. The van der Waals surface area contributed by atoms with Crippen molar-refractivity contribution in [2.45, 2.75) is 0 Å². The number of amides is 1. The number of halogens is 1. The molecule has 0 saturated heterocycles. The van der Waals surface area contributed by atoms with E-state index in [1.165, 1.54) is 24.3 Å². The zero-order valence-corrected chi connectivity index (χ0v) is 9.64. The Balaban J connectivity index is 1.96. The van der Waals surface area contributed by atoms with Gasteiger partial charge in [-0.05, 0) is 35.9 Å². The van der Waals surface area contributed by atoms with Crippen molar-refractivity contribution in [1.82, 2.24) is 5.32 Å². The second-order valence-electron chi connectivity index (χ2n) is 3.72. The molecule has 2 nitrogen and oxygen atoms in total. The molecule has 2 rings (SSSR count). The van der Waals surface area contributed by atoms with Crippen LogP contribution in [0.5, 0.6) is 0 Å². The first kappa shape index (κ1) is 12.0. The van der Waals surface area contributed by atoms with Gasteiger partial charge in [-0.15, -0.1) is 0 Å². The van der Waals surface area contributed by atoms with Crippen LogP contribution in [-0.4, -0.2) is 5.91 Å². The van der Waals surface area contributed by atoms with Gasteiger partial charge < -0.3 is 5.32 Å². The summed E-state index contributed by atoms with van der Waals surface area (Å²) in [6.07, 6.45) is 3.36. The van der Waals surface area contributed by atoms with Crippen molar-refractivity contribution in [2.75, 3.05) is 0 Å². The Morgan fingerprint density at radius 3 is 2.33 bits per heavy atom. The van der Waals surface area contributed by atoms with Crippen LogP contribution in [0.1, 0.15) is 15.9 Å². The Morgan fingerprint density at radius 2 is 1.67 bits per heavy atom. The molecule has 0 aliphatic heterocycles. The maximum absolute atomic E-state index is 12.7. The fourth-order valence-electron chi connectivity index (χ4n) is 1.46. The fourth-order valence-corrected chi connectivity index (χ4v) is 1.46. The lowest BCUT2D eigenvalue weighted by atomic mass is 10.2. The lowest BCUT2D eigenvalue weighted by molar-refractivity contribution is 0.0970. The minimum absolute atomic E-state index is 0.262. The van der Waals surface area contributed by atoms with E-state index < -0.39 is 0 Å². The van der Waals surface area contributed by atoms with E-state index in [0.717, 1.165) is 5.56 Å². The number of benzene rings is 2. The van der Waals surface area contributed by atoms with Crippen LogP contribution >= 0.6 is 0 Å². The van der Waals surface area contributed by atoms with Crippen LogP contribution < -0.4 is 5.32 Å². The topological polar surface area (TPSA) is 29.1 Å². The van der Waals surface area contributed by atoms with Gasteiger partial charge in [-0.2, -0.15) is 0 Å². The van der Waals surface area contributed by atoms with Gasteiger partial charge in [0, 0.05) is 11.8 Å². The number of rotatable bonds is 3. The highest BCUT2D eigenvalue weighted by Gasteiger charge is 2.02. The van der Waals surface area contributed by atoms with Crippen molar-refractivity contribution in [3.05, 3.63) is 77.7 Å². The summed E-state index contributed by atoms with van der Waals surface area (Å²) in [7, 11) is 0. The molecular weight excluding hydrogens is 229 g/mol. The normalized spacial score (nSPS) is 10.5. The minimum Gasteiger partial charge on any atom is -0.329 e. The molecule has 1 amide bonds. The smallest absolute Gasteiger partial charge is 0.255 e. The summed E-state index contributed by atoms with van der Waals surface area (Å²) in [4.78, 5) is 11.7. The maximum atomic E-state index is 12.7. The highest BCUT2D eigenvalue weighted by molar-refractivity contribution is 5.95. The van der Waals surface area contributed by atoms with Crippen LogP contribution in [0.25, 0.3) is 6.08 Å². The molecule has 0 unspecified atom stereocenters. The zero-order valence-electron chi connectivity index (χ0n) is 9.64. The summed E-state index contributed by atoms with van der Waals surface area (Å²) >= 11 is 0. The number of hydrogen-bond donors (Lipinski definition) is 1. The average molecular weight is 241 g/mol. The SMILES string of the molecule is O=C(NC=Cc1ccccc1)c1ccc(F)cc1. The molecule has 0 bridgehead atoms. The fraction of sp³-hybridized carbons (Fsp3) is 0. The van der Waals surface area contributed by atoms with Crippen LogP contribution in [-0.2, 0) is 0 Å². The summed E-state index contributed by atoms with van der Waals surface area (Å²) < 4.78 is 12.7. The van der Waals surface area contributed by atoms with Crippen molar-refractivity contribution in [1.29, 1.82) is 0 Å². The number of hydrogen-bond acceptors (Lipinski definition) is 1. The van der Waals surface area contributed by atoms with E-state index in [2.05, 4.69) is 5.32 Å². The molecule has 2 aromatic rings. The summed E-state index contributed by atoms with van der Waals surface area (Å²) in [6.45, 7) is 0. The zero-order chi connectivity index (χ0) is 12.8. The summed E-state index contributed by atoms with van der Waals surface area (Å²) in [5, 5.41) is 2.62. The molecule has 0 atom stereocenters. The van der Waals surface area contributed by atoms with Crippen LogP contribution in [0.15, 0.2) is 60.8 Å². The van der Waals surface area contributed by atoms with Crippen molar-refractivity contribution in [3.8, 4) is 0 Å². The molecule has 90 valence electrons. The van der Waals surface area contributed by atoms with Gasteiger partial charge in [0.2, 0.25) is 0 Å². The van der Waals surface area contributed by atoms with E-state index in [1.807, 2.05) is 30.3 Å². The third-order valence-corrected chi connectivity index (χ3v) is 2.40. The summed E-state index contributed by atoms with van der Waals surface area (Å²) in [5.74, 6) is -0.617. The van der Waals surface area contributed by atoms with Gasteiger partial charge in [0.25, 0.3) is 5.91 Å². The molecule has 0 aliphatic carbocycles. The van der Waals surface area contributed by atoms with E-state index in [9.17, 15) is 9.18 Å².